The second kappa shape index (κ2) is 5.99. The Kier molecular flexibility index (Phi) is 4.34. The van der Waals surface area contributed by atoms with Gasteiger partial charge in [-0.15, -0.1) is 0 Å². The zero-order valence-corrected chi connectivity index (χ0v) is 11.6. The van der Waals surface area contributed by atoms with E-state index in [1.807, 2.05) is 0 Å². The van der Waals surface area contributed by atoms with Crippen molar-refractivity contribution in [1.29, 1.82) is 0 Å². The van der Waals surface area contributed by atoms with Crippen LogP contribution in [0.5, 0.6) is 17.4 Å². The molecule has 0 bridgehead atoms. The van der Waals surface area contributed by atoms with Crippen LogP contribution in [0.25, 0.3) is 0 Å². The van der Waals surface area contributed by atoms with Gasteiger partial charge >= 0.3 is 0 Å². The number of pyridine rings is 1. The van der Waals surface area contributed by atoms with Gasteiger partial charge in [-0.25, -0.2) is 9.37 Å². The number of aliphatic hydroxyl groups is 1. The van der Waals surface area contributed by atoms with Crippen molar-refractivity contribution in [1.82, 2.24) is 4.98 Å². The second-order valence-electron chi connectivity index (χ2n) is 3.65. The first-order chi connectivity index (χ1) is 9.15. The summed E-state index contributed by atoms with van der Waals surface area (Å²) in [7, 11) is 1.55. The third-order valence-corrected chi connectivity index (χ3v) is 3.07. The van der Waals surface area contributed by atoms with E-state index in [1.165, 1.54) is 12.3 Å². The van der Waals surface area contributed by atoms with Gasteiger partial charge in [0.2, 0.25) is 0 Å². The number of methoxy groups -OCH3 is 1. The fourth-order valence-electron chi connectivity index (χ4n) is 1.45. The van der Waals surface area contributed by atoms with Crippen molar-refractivity contribution < 1.29 is 19.0 Å². The number of hydrogen-bond donors (Lipinski definition) is 1. The molecule has 19 heavy (non-hydrogen) atoms. The molecule has 0 atom stereocenters. The molecule has 0 aliphatic carbocycles. The number of ether oxygens (including phenoxy) is 2. The van der Waals surface area contributed by atoms with Gasteiger partial charge in [0.15, 0.2) is 5.82 Å². The van der Waals surface area contributed by atoms with Crippen LogP contribution in [0.3, 0.4) is 0 Å². The van der Waals surface area contributed by atoms with E-state index < -0.39 is 12.4 Å². The van der Waals surface area contributed by atoms with Gasteiger partial charge < -0.3 is 14.6 Å². The molecule has 1 aromatic heterocycles. The maximum absolute atomic E-state index is 13.8. The van der Waals surface area contributed by atoms with E-state index in [2.05, 4.69) is 20.9 Å². The summed E-state index contributed by atoms with van der Waals surface area (Å²) in [5.41, 5.74) is 0.134. The van der Waals surface area contributed by atoms with Gasteiger partial charge in [0, 0.05) is 11.8 Å². The highest BCUT2D eigenvalue weighted by atomic mass is 79.9. The molecular weight excluding hydrogens is 317 g/mol. The van der Waals surface area contributed by atoms with Crippen molar-refractivity contribution in [2.24, 2.45) is 0 Å². The van der Waals surface area contributed by atoms with Crippen LogP contribution < -0.4 is 9.47 Å². The van der Waals surface area contributed by atoms with Crippen molar-refractivity contribution in [3.05, 3.63) is 46.3 Å². The van der Waals surface area contributed by atoms with Crippen LogP contribution in [0.4, 0.5) is 4.39 Å². The van der Waals surface area contributed by atoms with E-state index in [9.17, 15) is 4.39 Å². The monoisotopic (exact) mass is 327 g/mol. The quantitative estimate of drug-likeness (QED) is 0.936. The van der Waals surface area contributed by atoms with Crippen LogP contribution in [-0.4, -0.2) is 17.2 Å². The highest BCUT2D eigenvalue weighted by molar-refractivity contribution is 9.10. The molecule has 1 aromatic carbocycles. The molecule has 0 aliphatic heterocycles. The summed E-state index contributed by atoms with van der Waals surface area (Å²) in [6.07, 6.45) is 1.38. The van der Waals surface area contributed by atoms with E-state index >= 15 is 0 Å². The summed E-state index contributed by atoms with van der Waals surface area (Å²) in [6, 6.07) is 6.41. The van der Waals surface area contributed by atoms with Crippen LogP contribution in [-0.2, 0) is 6.61 Å². The molecule has 1 heterocycles. The molecule has 4 nitrogen and oxygen atoms in total. The lowest BCUT2D eigenvalue weighted by atomic mass is 10.2. The van der Waals surface area contributed by atoms with Crippen molar-refractivity contribution in [2.75, 3.05) is 7.11 Å². The number of hydrogen-bond acceptors (Lipinski definition) is 4. The topological polar surface area (TPSA) is 51.6 Å². The zero-order chi connectivity index (χ0) is 13.8. The van der Waals surface area contributed by atoms with E-state index in [4.69, 9.17) is 14.6 Å². The fraction of sp³-hybridized carbons (Fsp3) is 0.154. The van der Waals surface area contributed by atoms with E-state index in [-0.39, 0.29) is 11.4 Å². The lowest BCUT2D eigenvalue weighted by Gasteiger charge is -2.10. The molecule has 2 aromatic rings. The minimum Gasteiger partial charge on any atom is -0.497 e. The summed E-state index contributed by atoms with van der Waals surface area (Å²) >= 11 is 3.30. The van der Waals surface area contributed by atoms with Gasteiger partial charge in [-0.1, -0.05) is 0 Å². The van der Waals surface area contributed by atoms with Crippen molar-refractivity contribution >= 4 is 15.9 Å². The maximum Gasteiger partial charge on any atom is 0.256 e. The van der Waals surface area contributed by atoms with E-state index in [0.29, 0.717) is 16.0 Å². The largest absolute Gasteiger partial charge is 0.497 e. The summed E-state index contributed by atoms with van der Waals surface area (Å²) in [5.74, 6) is 0.198. The average Bonchev–Trinajstić information content (AvgIpc) is 2.43. The van der Waals surface area contributed by atoms with Crippen molar-refractivity contribution in [2.45, 2.75) is 6.61 Å². The van der Waals surface area contributed by atoms with Gasteiger partial charge in [0.1, 0.15) is 11.5 Å². The Morgan fingerprint density at radius 2 is 2.16 bits per heavy atom. The number of rotatable bonds is 4. The predicted octanol–water partition coefficient (Wildman–Crippen LogP) is 3.28. The lowest BCUT2D eigenvalue weighted by molar-refractivity contribution is 0.273. The molecule has 2 rings (SSSR count). The van der Waals surface area contributed by atoms with Gasteiger partial charge in [0.25, 0.3) is 5.88 Å². The zero-order valence-electron chi connectivity index (χ0n) is 10.1. The highest BCUT2D eigenvalue weighted by Crippen LogP contribution is 2.33. The second-order valence-corrected chi connectivity index (χ2v) is 4.50. The van der Waals surface area contributed by atoms with Gasteiger partial charge in [-0.3, -0.25) is 0 Å². The molecule has 0 amide bonds. The summed E-state index contributed by atoms with van der Waals surface area (Å²) in [6.45, 7) is -0.408. The number of nitrogens with zero attached hydrogens (tertiary/aromatic N) is 1. The minimum atomic E-state index is -0.673. The molecule has 0 fully saturated rings. The Morgan fingerprint density at radius 3 is 2.79 bits per heavy atom. The third-order valence-electron chi connectivity index (χ3n) is 2.45. The number of benzene rings is 1. The molecule has 6 heteroatoms. The first kappa shape index (κ1) is 13.8. The molecule has 100 valence electrons. The summed E-state index contributed by atoms with van der Waals surface area (Å²) < 4.78 is 24.9. The Balaban J connectivity index is 2.31. The Morgan fingerprint density at radius 1 is 1.37 bits per heavy atom. The molecule has 0 spiro atoms. The Bertz CT molecular complexity index is 592. The molecule has 1 N–H and O–H groups in total. The molecule has 0 saturated heterocycles. The summed E-state index contributed by atoms with van der Waals surface area (Å²) in [5, 5.41) is 8.98. The fourth-order valence-corrected chi connectivity index (χ4v) is 1.89. The van der Waals surface area contributed by atoms with Gasteiger partial charge in [0.05, 0.1) is 18.2 Å². The minimum absolute atomic E-state index is 0.134. The normalized spacial score (nSPS) is 10.3. The smallest absolute Gasteiger partial charge is 0.256 e. The molecule has 0 aliphatic rings. The van der Waals surface area contributed by atoms with Gasteiger partial charge in [-0.05, 0) is 40.2 Å². The molecular formula is C13H11BrFNO3. The highest BCUT2D eigenvalue weighted by Gasteiger charge is 2.13. The Labute approximate surface area is 117 Å². The summed E-state index contributed by atoms with van der Waals surface area (Å²) in [4.78, 5) is 3.81. The van der Waals surface area contributed by atoms with E-state index in [1.54, 1.807) is 25.3 Å². The standard InChI is InChI=1S/C13H11BrFNO3/c1-18-9-2-3-11(10(14)6-9)19-13-12(15)8(7-17)4-5-16-13/h2-6,17H,7H2,1H3. The predicted molar refractivity (Wildman–Crippen MR) is 70.9 cm³/mol. The molecule has 0 saturated carbocycles. The van der Waals surface area contributed by atoms with Crippen LogP contribution >= 0.6 is 15.9 Å². The first-order valence-corrected chi connectivity index (χ1v) is 6.20. The van der Waals surface area contributed by atoms with Crippen molar-refractivity contribution in [3.8, 4) is 17.4 Å². The van der Waals surface area contributed by atoms with Crippen LogP contribution in [0.1, 0.15) is 5.56 Å². The average molecular weight is 328 g/mol. The third kappa shape index (κ3) is 3.02. The van der Waals surface area contributed by atoms with Crippen LogP contribution in [0.2, 0.25) is 0 Å². The lowest BCUT2D eigenvalue weighted by Crippen LogP contribution is -1.97. The van der Waals surface area contributed by atoms with Crippen LogP contribution in [0, 0.1) is 5.82 Å². The SMILES string of the molecule is COc1ccc(Oc2nccc(CO)c2F)c(Br)c1. The van der Waals surface area contributed by atoms with Crippen molar-refractivity contribution in [3.63, 3.8) is 0 Å². The molecule has 0 unspecified atom stereocenters. The molecule has 0 radical (unpaired) electrons. The number of aromatic nitrogens is 1. The van der Waals surface area contributed by atoms with Crippen LogP contribution in [0.15, 0.2) is 34.9 Å². The Hall–Kier alpha value is -1.66. The number of halogens is 2. The van der Waals surface area contributed by atoms with E-state index in [0.717, 1.165) is 0 Å². The number of aliphatic hydroxyl groups excluding tert-OH is 1. The van der Waals surface area contributed by atoms with Gasteiger partial charge in [-0.2, -0.15) is 0 Å². The maximum atomic E-state index is 13.8. The first-order valence-electron chi connectivity index (χ1n) is 5.41.